The van der Waals surface area contributed by atoms with Gasteiger partial charge in [-0.05, 0) is 65.8 Å². The summed E-state index contributed by atoms with van der Waals surface area (Å²) in [6, 6.07) is 6.53. The molecule has 216 valence electrons. The quantitative estimate of drug-likeness (QED) is 0.356. The second kappa shape index (κ2) is 10.6. The number of H-pyrrole nitrogens is 1. The fourth-order valence-corrected chi connectivity index (χ4v) is 5.03. The van der Waals surface area contributed by atoms with Crippen molar-refractivity contribution >= 4 is 39.8 Å². The van der Waals surface area contributed by atoms with Crippen LogP contribution in [0.5, 0.6) is 0 Å². The third kappa shape index (κ3) is 6.25. The molecule has 0 aliphatic carbocycles. The minimum Gasteiger partial charge on any atom is -0.458 e. The van der Waals surface area contributed by atoms with E-state index in [2.05, 4.69) is 15.0 Å². The molecule has 1 atom stereocenters. The normalized spacial score (nSPS) is 15.9. The molecule has 0 bridgehead atoms. The molecule has 1 saturated heterocycles. The Morgan fingerprint density at radius 1 is 0.951 bits per heavy atom. The first-order valence-electron chi connectivity index (χ1n) is 13.6. The van der Waals surface area contributed by atoms with E-state index in [1.807, 2.05) is 64.6 Å². The summed E-state index contributed by atoms with van der Waals surface area (Å²) in [4.78, 5) is 55.4. The molecule has 41 heavy (non-hydrogen) atoms. The number of rotatable bonds is 5. The summed E-state index contributed by atoms with van der Waals surface area (Å²) in [5, 5.41) is 1.64. The maximum absolute atomic E-state index is 13.5. The van der Waals surface area contributed by atoms with Gasteiger partial charge in [-0.1, -0.05) is 0 Å². The molecule has 1 fully saturated rings. The van der Waals surface area contributed by atoms with Crippen LogP contribution in [-0.4, -0.2) is 78.1 Å². The van der Waals surface area contributed by atoms with E-state index in [-0.39, 0.29) is 19.0 Å². The predicted octanol–water partition coefficient (Wildman–Crippen LogP) is 4.42. The number of nitrogens with zero attached hydrogens (tertiary/aromatic N) is 5. The monoisotopic (exact) mass is 560 g/mol. The van der Waals surface area contributed by atoms with Crippen LogP contribution in [0.2, 0.25) is 0 Å². The van der Waals surface area contributed by atoms with Crippen molar-refractivity contribution in [3.63, 3.8) is 0 Å². The first-order chi connectivity index (χ1) is 19.3. The third-order valence-corrected chi connectivity index (χ3v) is 6.69. The van der Waals surface area contributed by atoms with Crippen LogP contribution in [0.4, 0.5) is 4.79 Å². The molecular weight excluding hydrogens is 524 g/mol. The van der Waals surface area contributed by atoms with Crippen molar-refractivity contribution in [1.82, 2.24) is 29.3 Å². The molecule has 1 amide bonds. The van der Waals surface area contributed by atoms with E-state index in [0.29, 0.717) is 30.0 Å². The molecule has 0 spiro atoms. The zero-order chi connectivity index (χ0) is 29.5. The molecule has 11 nitrogen and oxygen atoms in total. The van der Waals surface area contributed by atoms with Gasteiger partial charge in [0.25, 0.3) is 0 Å². The average Bonchev–Trinajstić information content (AvgIpc) is 3.44. The van der Waals surface area contributed by atoms with E-state index >= 15 is 0 Å². The lowest BCUT2D eigenvalue weighted by molar-refractivity contribution is -0.163. The third-order valence-electron chi connectivity index (χ3n) is 6.69. The largest absolute Gasteiger partial charge is 0.458 e. The standard InChI is InChI=1S/C30H36N6O5/c1-29(2,3)40-27(38)26(23-14-19-15-31-9-7-22(19)33-23)35-12-11-34(25(37)18-35)17-21-13-20-16-32-10-8-24(20)36(21)28(39)41-30(4,5)6/h7-10,13-16,26,33H,11-12,17-18H2,1-6H3. The van der Waals surface area contributed by atoms with E-state index in [1.165, 1.54) is 4.57 Å². The van der Waals surface area contributed by atoms with Crippen LogP contribution in [0.3, 0.4) is 0 Å². The van der Waals surface area contributed by atoms with Gasteiger partial charge in [0.05, 0.1) is 18.6 Å². The van der Waals surface area contributed by atoms with Gasteiger partial charge in [-0.15, -0.1) is 0 Å². The summed E-state index contributed by atoms with van der Waals surface area (Å²) in [5.74, 6) is -0.600. The Morgan fingerprint density at radius 2 is 1.63 bits per heavy atom. The highest BCUT2D eigenvalue weighted by molar-refractivity contribution is 5.91. The first kappa shape index (κ1) is 28.3. The number of aromatic nitrogens is 4. The molecule has 1 unspecified atom stereocenters. The zero-order valence-corrected chi connectivity index (χ0v) is 24.3. The summed E-state index contributed by atoms with van der Waals surface area (Å²) in [6.45, 7) is 11.9. The molecule has 0 saturated carbocycles. The minimum atomic E-state index is -0.799. The van der Waals surface area contributed by atoms with Crippen molar-refractivity contribution in [3.05, 3.63) is 60.4 Å². The van der Waals surface area contributed by atoms with Crippen LogP contribution in [0, 0.1) is 0 Å². The van der Waals surface area contributed by atoms with Crippen LogP contribution < -0.4 is 0 Å². The second-order valence-corrected chi connectivity index (χ2v) is 12.3. The lowest BCUT2D eigenvalue weighted by atomic mass is 10.1. The fourth-order valence-electron chi connectivity index (χ4n) is 5.03. The number of carbonyl (C=O) groups excluding carboxylic acids is 3. The van der Waals surface area contributed by atoms with Gasteiger partial charge in [-0.2, -0.15) is 0 Å². The number of esters is 1. The molecule has 5 heterocycles. The fraction of sp³-hybridized carbons (Fsp3) is 0.433. The lowest BCUT2D eigenvalue weighted by Crippen LogP contribution is -2.53. The van der Waals surface area contributed by atoms with Crippen molar-refractivity contribution in [2.45, 2.75) is 65.3 Å². The molecular formula is C30H36N6O5. The topological polar surface area (TPSA) is 123 Å². The maximum Gasteiger partial charge on any atom is 0.419 e. The summed E-state index contributed by atoms with van der Waals surface area (Å²) in [5.41, 5.74) is 1.39. The Morgan fingerprint density at radius 3 is 2.29 bits per heavy atom. The molecule has 4 aromatic rings. The number of hydrogen-bond donors (Lipinski definition) is 1. The molecule has 5 rings (SSSR count). The van der Waals surface area contributed by atoms with Crippen LogP contribution in [0.1, 0.15) is 59.0 Å². The number of nitrogens with one attached hydrogen (secondary N) is 1. The zero-order valence-electron chi connectivity index (χ0n) is 24.3. The van der Waals surface area contributed by atoms with Gasteiger partial charge in [-0.25, -0.2) is 14.2 Å². The number of carbonyl (C=O) groups is 3. The number of aromatic amines is 1. The number of ether oxygens (including phenoxy) is 2. The highest BCUT2D eigenvalue weighted by atomic mass is 16.6. The van der Waals surface area contributed by atoms with E-state index in [4.69, 9.17) is 9.47 Å². The van der Waals surface area contributed by atoms with Gasteiger partial charge < -0.3 is 19.4 Å². The Hall–Kier alpha value is -4.25. The van der Waals surface area contributed by atoms with Crippen molar-refractivity contribution < 1.29 is 23.9 Å². The van der Waals surface area contributed by atoms with Crippen LogP contribution in [0.15, 0.2) is 49.1 Å². The molecule has 11 heteroatoms. The maximum atomic E-state index is 13.5. The molecule has 1 N–H and O–H groups in total. The molecule has 0 radical (unpaired) electrons. The van der Waals surface area contributed by atoms with Gasteiger partial charge in [0.2, 0.25) is 5.91 Å². The van der Waals surface area contributed by atoms with E-state index in [1.54, 1.807) is 35.8 Å². The first-order valence-corrected chi connectivity index (χ1v) is 13.6. The highest BCUT2D eigenvalue weighted by Gasteiger charge is 2.38. The van der Waals surface area contributed by atoms with Crippen LogP contribution >= 0.6 is 0 Å². The van der Waals surface area contributed by atoms with E-state index in [9.17, 15) is 14.4 Å². The highest BCUT2D eigenvalue weighted by Crippen LogP contribution is 2.29. The molecule has 4 aromatic heterocycles. The van der Waals surface area contributed by atoms with E-state index in [0.717, 1.165) is 16.3 Å². The summed E-state index contributed by atoms with van der Waals surface area (Å²) in [7, 11) is 0. The number of hydrogen-bond acceptors (Lipinski definition) is 8. The van der Waals surface area contributed by atoms with Gasteiger partial charge in [0.1, 0.15) is 17.2 Å². The van der Waals surface area contributed by atoms with E-state index < -0.39 is 29.3 Å². The van der Waals surface area contributed by atoms with Crippen molar-refractivity contribution in [3.8, 4) is 0 Å². The second-order valence-electron chi connectivity index (χ2n) is 12.3. The summed E-state index contributed by atoms with van der Waals surface area (Å²) >= 11 is 0. The SMILES string of the molecule is CC(C)(C)OC(=O)C(c1cc2cnccc2[nH]1)N1CCN(Cc2cc3cnccc3n2C(=O)OC(C)(C)C)C(=O)C1. The van der Waals surface area contributed by atoms with Gasteiger partial charge in [0, 0.05) is 65.6 Å². The number of piperazine rings is 1. The molecule has 0 aromatic carbocycles. The summed E-state index contributed by atoms with van der Waals surface area (Å²) < 4.78 is 12.9. The number of amides is 1. The number of fused-ring (bicyclic) bond motifs is 2. The van der Waals surface area contributed by atoms with Crippen molar-refractivity contribution in [1.29, 1.82) is 0 Å². The van der Waals surface area contributed by atoms with Gasteiger partial charge in [-0.3, -0.25) is 19.7 Å². The smallest absolute Gasteiger partial charge is 0.419 e. The Labute approximate surface area is 238 Å². The summed E-state index contributed by atoms with van der Waals surface area (Å²) in [6.07, 6.45) is 6.19. The van der Waals surface area contributed by atoms with Crippen molar-refractivity contribution in [2.24, 2.45) is 0 Å². The molecule has 1 aliphatic heterocycles. The Kier molecular flexibility index (Phi) is 7.33. The number of pyridine rings is 2. The van der Waals surface area contributed by atoms with Gasteiger partial charge >= 0.3 is 12.1 Å². The van der Waals surface area contributed by atoms with Crippen LogP contribution in [-0.2, 0) is 25.6 Å². The van der Waals surface area contributed by atoms with Gasteiger partial charge in [0.15, 0.2) is 0 Å². The Balaban J connectivity index is 1.40. The predicted molar refractivity (Wildman–Crippen MR) is 153 cm³/mol. The van der Waals surface area contributed by atoms with Crippen molar-refractivity contribution in [2.75, 3.05) is 19.6 Å². The van der Waals surface area contributed by atoms with Crippen LogP contribution in [0.25, 0.3) is 21.8 Å². The lowest BCUT2D eigenvalue weighted by Gasteiger charge is -2.38. The average molecular weight is 561 g/mol. The minimum absolute atomic E-state index is 0.00570. The molecule has 1 aliphatic rings. The Bertz CT molecular complexity index is 1580.